The average Bonchev–Trinajstić information content (AvgIpc) is 2.06. The Morgan fingerprint density at radius 1 is 1.29 bits per heavy atom. The van der Waals surface area contributed by atoms with Gasteiger partial charge in [-0.3, -0.25) is 0 Å². The number of hydrogen-bond donors (Lipinski definition) is 0. The fraction of sp³-hybridized carbons (Fsp3) is 0. The first kappa shape index (κ1) is 11.7. The maximum absolute atomic E-state index is 11.9. The number of rotatable bonds is 2. The SMILES string of the molecule is F[B-](F)(F)/C=C/c1ccc(Cl)c(Br)c1. The zero-order chi connectivity index (χ0) is 10.8. The summed E-state index contributed by atoms with van der Waals surface area (Å²) in [6.45, 7) is -4.88. The number of hydrogen-bond acceptors (Lipinski definition) is 0. The van der Waals surface area contributed by atoms with E-state index >= 15 is 0 Å². The molecule has 76 valence electrons. The van der Waals surface area contributed by atoms with Crippen LogP contribution in [-0.2, 0) is 0 Å². The van der Waals surface area contributed by atoms with E-state index in [-0.39, 0.29) is 5.98 Å². The van der Waals surface area contributed by atoms with Gasteiger partial charge in [-0.25, -0.2) is 0 Å². The molecular formula is C8H5BBrClF3-. The van der Waals surface area contributed by atoms with E-state index < -0.39 is 6.98 Å². The lowest BCUT2D eigenvalue weighted by molar-refractivity contribution is 0.499. The Morgan fingerprint density at radius 3 is 2.43 bits per heavy atom. The van der Waals surface area contributed by atoms with Gasteiger partial charge >= 0.3 is 6.98 Å². The molecule has 0 atom stereocenters. The Bertz CT molecular complexity index is 362. The molecule has 0 radical (unpaired) electrons. The molecule has 0 bridgehead atoms. The van der Waals surface area contributed by atoms with Crippen LogP contribution in [0.4, 0.5) is 12.9 Å². The molecule has 0 nitrogen and oxygen atoms in total. The molecule has 14 heavy (non-hydrogen) atoms. The Labute approximate surface area is 92.9 Å². The third kappa shape index (κ3) is 3.76. The second-order valence-electron chi connectivity index (χ2n) is 2.66. The average molecular weight is 284 g/mol. The van der Waals surface area contributed by atoms with Crippen LogP contribution >= 0.6 is 27.5 Å². The standard InChI is InChI=1S/C8H5BBrClF3/c10-7-5-6(1-2-8(7)11)3-4-9(12,13)14/h1-5H/q-1/b4-3+. The summed E-state index contributed by atoms with van der Waals surface area (Å²) in [7, 11) is 0. The van der Waals surface area contributed by atoms with E-state index in [1.807, 2.05) is 0 Å². The fourth-order valence-corrected chi connectivity index (χ4v) is 1.35. The van der Waals surface area contributed by atoms with Gasteiger partial charge in [0.1, 0.15) is 0 Å². The molecule has 0 N–H and O–H groups in total. The minimum absolute atomic E-state index is 0.246. The summed E-state index contributed by atoms with van der Waals surface area (Å²) in [5, 5.41) is 0.472. The highest BCUT2D eigenvalue weighted by molar-refractivity contribution is 9.10. The summed E-state index contributed by atoms with van der Waals surface area (Å²) in [6, 6.07) is 4.58. The maximum atomic E-state index is 11.9. The smallest absolute Gasteiger partial charge is 0.445 e. The van der Waals surface area contributed by atoms with Crippen LogP contribution in [0.1, 0.15) is 5.56 Å². The van der Waals surface area contributed by atoms with Crippen molar-refractivity contribution in [2.45, 2.75) is 0 Å². The van der Waals surface area contributed by atoms with Gasteiger partial charge in [0.15, 0.2) is 0 Å². The molecule has 0 heterocycles. The molecular weight excluding hydrogens is 279 g/mol. The second kappa shape index (κ2) is 4.40. The minimum Gasteiger partial charge on any atom is -0.445 e. The molecule has 0 aliphatic heterocycles. The third-order valence-corrected chi connectivity index (χ3v) is 2.66. The summed E-state index contributed by atoms with van der Waals surface area (Å²) in [6.07, 6.45) is 1.01. The van der Waals surface area contributed by atoms with Crippen molar-refractivity contribution in [1.82, 2.24) is 0 Å². The van der Waals surface area contributed by atoms with Gasteiger partial charge in [0.2, 0.25) is 0 Å². The van der Waals surface area contributed by atoms with Crippen molar-refractivity contribution in [2.75, 3.05) is 0 Å². The summed E-state index contributed by atoms with van der Waals surface area (Å²) < 4.78 is 36.2. The van der Waals surface area contributed by atoms with E-state index in [0.717, 1.165) is 6.08 Å². The van der Waals surface area contributed by atoms with Crippen LogP contribution in [-0.4, -0.2) is 6.98 Å². The van der Waals surface area contributed by atoms with Gasteiger partial charge in [0.25, 0.3) is 0 Å². The molecule has 1 aromatic carbocycles. The minimum atomic E-state index is -4.88. The predicted molar refractivity (Wildman–Crippen MR) is 57.3 cm³/mol. The Morgan fingerprint density at radius 2 is 1.93 bits per heavy atom. The number of benzene rings is 1. The molecule has 1 rings (SSSR count). The van der Waals surface area contributed by atoms with Gasteiger partial charge in [-0.2, -0.15) is 0 Å². The summed E-state index contributed by atoms with van der Waals surface area (Å²) in [5.41, 5.74) is 0.459. The van der Waals surface area contributed by atoms with Gasteiger partial charge in [-0.15, -0.1) is 5.98 Å². The van der Waals surface area contributed by atoms with Crippen LogP contribution in [0.5, 0.6) is 0 Å². The van der Waals surface area contributed by atoms with Crippen LogP contribution in [0.15, 0.2) is 28.6 Å². The zero-order valence-electron chi connectivity index (χ0n) is 6.85. The van der Waals surface area contributed by atoms with Gasteiger partial charge < -0.3 is 12.9 Å². The molecule has 6 heteroatoms. The Balaban J connectivity index is 2.89. The van der Waals surface area contributed by atoms with Crippen molar-refractivity contribution in [2.24, 2.45) is 0 Å². The first-order chi connectivity index (χ1) is 6.38. The lowest BCUT2D eigenvalue weighted by Gasteiger charge is -2.06. The molecule has 0 aliphatic rings. The fourth-order valence-electron chi connectivity index (χ4n) is 0.836. The van der Waals surface area contributed by atoms with Crippen molar-refractivity contribution in [3.05, 3.63) is 39.2 Å². The normalized spacial score (nSPS) is 12.4. The zero-order valence-corrected chi connectivity index (χ0v) is 9.20. The number of halogens is 5. The first-order valence-corrected chi connectivity index (χ1v) is 4.90. The molecule has 0 aliphatic carbocycles. The van der Waals surface area contributed by atoms with E-state index in [1.165, 1.54) is 18.2 Å². The summed E-state index contributed by atoms with van der Waals surface area (Å²) in [5.74, 6) is 0.246. The Hall–Kier alpha value is -0.415. The lowest BCUT2D eigenvalue weighted by atomic mass is 9.91. The molecule has 0 aromatic heterocycles. The van der Waals surface area contributed by atoms with Gasteiger partial charge in [-0.05, 0) is 33.6 Å². The van der Waals surface area contributed by atoms with Crippen molar-refractivity contribution in [3.8, 4) is 0 Å². The quantitative estimate of drug-likeness (QED) is 0.701. The third-order valence-electron chi connectivity index (χ3n) is 1.45. The highest BCUT2D eigenvalue weighted by Crippen LogP contribution is 2.24. The van der Waals surface area contributed by atoms with Crippen LogP contribution in [0.2, 0.25) is 5.02 Å². The highest BCUT2D eigenvalue weighted by atomic mass is 79.9. The summed E-state index contributed by atoms with van der Waals surface area (Å²) in [4.78, 5) is 0. The lowest BCUT2D eigenvalue weighted by Crippen LogP contribution is -2.09. The van der Waals surface area contributed by atoms with E-state index in [4.69, 9.17) is 11.6 Å². The monoisotopic (exact) mass is 283 g/mol. The van der Waals surface area contributed by atoms with Crippen LogP contribution in [0, 0.1) is 0 Å². The Kier molecular flexibility index (Phi) is 3.67. The van der Waals surface area contributed by atoms with Gasteiger partial charge in [0.05, 0.1) is 5.02 Å². The summed E-state index contributed by atoms with van der Waals surface area (Å²) >= 11 is 8.81. The molecule has 0 saturated carbocycles. The molecule has 0 unspecified atom stereocenters. The largest absolute Gasteiger partial charge is 0.502 e. The molecule has 0 saturated heterocycles. The second-order valence-corrected chi connectivity index (χ2v) is 3.92. The van der Waals surface area contributed by atoms with E-state index in [0.29, 0.717) is 15.1 Å². The van der Waals surface area contributed by atoms with E-state index in [1.54, 1.807) is 0 Å². The van der Waals surface area contributed by atoms with Crippen LogP contribution in [0.25, 0.3) is 6.08 Å². The topological polar surface area (TPSA) is 0 Å². The van der Waals surface area contributed by atoms with Crippen LogP contribution < -0.4 is 0 Å². The molecule has 0 fully saturated rings. The van der Waals surface area contributed by atoms with Crippen molar-refractivity contribution in [1.29, 1.82) is 0 Å². The van der Waals surface area contributed by atoms with E-state index in [9.17, 15) is 12.9 Å². The molecule has 0 amide bonds. The predicted octanol–water partition coefficient (Wildman–Crippen LogP) is 4.50. The van der Waals surface area contributed by atoms with Gasteiger partial charge in [0, 0.05) is 4.47 Å². The van der Waals surface area contributed by atoms with E-state index in [2.05, 4.69) is 15.9 Å². The maximum Gasteiger partial charge on any atom is 0.502 e. The van der Waals surface area contributed by atoms with Crippen molar-refractivity contribution >= 4 is 40.6 Å². The van der Waals surface area contributed by atoms with Gasteiger partial charge in [-0.1, -0.05) is 23.7 Å². The van der Waals surface area contributed by atoms with Crippen molar-refractivity contribution in [3.63, 3.8) is 0 Å². The first-order valence-electron chi connectivity index (χ1n) is 3.73. The highest BCUT2D eigenvalue weighted by Gasteiger charge is 2.16. The molecule has 0 spiro atoms. The van der Waals surface area contributed by atoms with Crippen molar-refractivity contribution < 1.29 is 12.9 Å². The molecule has 1 aromatic rings. The van der Waals surface area contributed by atoms with Crippen LogP contribution in [0.3, 0.4) is 0 Å².